The monoisotopic (exact) mass is 430 g/mol. The highest BCUT2D eigenvalue weighted by atomic mass is 19.1. The van der Waals surface area contributed by atoms with Crippen molar-refractivity contribution in [1.82, 2.24) is 14.5 Å². The minimum absolute atomic E-state index is 0.166. The predicted octanol–water partition coefficient (Wildman–Crippen LogP) is 4.04. The first-order valence-corrected chi connectivity index (χ1v) is 10.6. The molecular formula is C25H23FN4O2. The summed E-state index contributed by atoms with van der Waals surface area (Å²) in [4.78, 5) is 24.9. The van der Waals surface area contributed by atoms with Gasteiger partial charge in [-0.15, -0.1) is 0 Å². The van der Waals surface area contributed by atoms with Gasteiger partial charge in [0.05, 0.1) is 24.6 Å². The number of hydrogen-bond acceptors (Lipinski definition) is 5. The van der Waals surface area contributed by atoms with Gasteiger partial charge in [-0.2, -0.15) is 4.98 Å². The first-order valence-electron chi connectivity index (χ1n) is 10.6. The topological polar surface area (TPSA) is 60.2 Å². The zero-order chi connectivity index (χ0) is 22.2. The zero-order valence-electron chi connectivity index (χ0n) is 18.0. The Morgan fingerprint density at radius 2 is 1.72 bits per heavy atom. The highest BCUT2D eigenvalue weighted by Gasteiger charge is 2.21. The van der Waals surface area contributed by atoms with Crippen LogP contribution in [0.4, 0.5) is 10.3 Å². The Hall–Kier alpha value is -3.58. The number of benzene rings is 2. The Morgan fingerprint density at radius 3 is 2.47 bits per heavy atom. The van der Waals surface area contributed by atoms with Gasteiger partial charge < -0.3 is 9.64 Å². The summed E-state index contributed by atoms with van der Waals surface area (Å²) in [6.45, 7) is 6.33. The summed E-state index contributed by atoms with van der Waals surface area (Å²) in [5.41, 5.74) is 4.36. The number of aryl methyl sites for hydroxylation is 2. The fourth-order valence-corrected chi connectivity index (χ4v) is 4.15. The lowest BCUT2D eigenvalue weighted by Gasteiger charge is -2.27. The molecule has 1 aliphatic heterocycles. The molecule has 0 amide bonds. The van der Waals surface area contributed by atoms with Gasteiger partial charge in [-0.3, -0.25) is 9.36 Å². The molecule has 2 aromatic carbocycles. The molecule has 0 saturated carbocycles. The Bertz CT molecular complexity index is 1380. The summed E-state index contributed by atoms with van der Waals surface area (Å²) in [6.07, 6.45) is 0. The Balaban J connectivity index is 1.86. The number of rotatable bonds is 3. The number of halogens is 1. The van der Waals surface area contributed by atoms with E-state index in [4.69, 9.17) is 14.7 Å². The van der Waals surface area contributed by atoms with E-state index in [0.29, 0.717) is 43.6 Å². The molecular weight excluding hydrogens is 407 g/mol. The van der Waals surface area contributed by atoms with Crippen molar-refractivity contribution < 1.29 is 9.13 Å². The smallest absolute Gasteiger partial charge is 0.256 e. The summed E-state index contributed by atoms with van der Waals surface area (Å²) >= 11 is 0. The van der Waals surface area contributed by atoms with Gasteiger partial charge in [0, 0.05) is 30.1 Å². The maximum absolute atomic E-state index is 13.8. The third kappa shape index (κ3) is 3.54. The largest absolute Gasteiger partial charge is 0.378 e. The molecule has 6 nitrogen and oxygen atoms in total. The number of nitrogens with zero attached hydrogens (tertiary/aromatic N) is 4. The maximum atomic E-state index is 13.8. The third-order valence-electron chi connectivity index (χ3n) is 5.83. The number of fused-ring (bicyclic) bond motifs is 1. The van der Waals surface area contributed by atoms with Crippen LogP contribution in [0.1, 0.15) is 11.1 Å². The van der Waals surface area contributed by atoms with Crippen molar-refractivity contribution in [2.45, 2.75) is 13.8 Å². The third-order valence-corrected chi connectivity index (χ3v) is 5.83. The molecule has 5 rings (SSSR count). The average Bonchev–Trinajstić information content (AvgIpc) is 2.80. The minimum atomic E-state index is -0.296. The van der Waals surface area contributed by atoms with E-state index in [1.165, 1.54) is 18.2 Å². The van der Waals surface area contributed by atoms with E-state index in [1.54, 1.807) is 16.7 Å². The Kier molecular flexibility index (Phi) is 5.19. The van der Waals surface area contributed by atoms with Gasteiger partial charge in [-0.05, 0) is 55.3 Å². The molecule has 162 valence electrons. The van der Waals surface area contributed by atoms with E-state index in [-0.39, 0.29) is 11.4 Å². The number of pyridine rings is 1. The van der Waals surface area contributed by atoms with Gasteiger partial charge in [0.25, 0.3) is 5.56 Å². The van der Waals surface area contributed by atoms with Crippen LogP contribution in [0.25, 0.3) is 28.0 Å². The summed E-state index contributed by atoms with van der Waals surface area (Å²) < 4.78 is 21.0. The molecule has 0 atom stereocenters. The normalized spacial score (nSPS) is 14.2. The maximum Gasteiger partial charge on any atom is 0.256 e. The summed E-state index contributed by atoms with van der Waals surface area (Å²) in [7, 11) is 0. The van der Waals surface area contributed by atoms with Gasteiger partial charge >= 0.3 is 0 Å². The van der Waals surface area contributed by atoms with E-state index in [2.05, 4.69) is 4.90 Å². The standard InChI is InChI=1S/C25H23FN4O2/c1-16-5-3-4-6-21(16)30-22(31)10-9-20-23(19-8-7-18(26)15-17(19)2)27-25(28-24(20)30)29-11-13-32-14-12-29/h3-10,15H,11-14H2,1-2H3. The van der Waals surface area contributed by atoms with Crippen molar-refractivity contribution in [2.75, 3.05) is 31.2 Å². The highest BCUT2D eigenvalue weighted by molar-refractivity contribution is 5.93. The van der Waals surface area contributed by atoms with E-state index in [1.807, 2.05) is 38.1 Å². The van der Waals surface area contributed by atoms with Crippen LogP contribution >= 0.6 is 0 Å². The SMILES string of the molecule is Cc1cc(F)ccc1-c1nc(N2CCOCC2)nc2c1ccc(=O)n2-c1ccccc1C. The molecule has 0 N–H and O–H groups in total. The molecule has 1 fully saturated rings. The van der Waals surface area contributed by atoms with Gasteiger partial charge in [-0.25, -0.2) is 9.37 Å². The van der Waals surface area contributed by atoms with Crippen molar-refractivity contribution in [3.8, 4) is 16.9 Å². The number of morpholine rings is 1. The van der Waals surface area contributed by atoms with E-state index >= 15 is 0 Å². The molecule has 1 saturated heterocycles. The fraction of sp³-hybridized carbons (Fsp3) is 0.240. The second kappa shape index (κ2) is 8.16. The van der Waals surface area contributed by atoms with Crippen molar-refractivity contribution in [2.24, 2.45) is 0 Å². The van der Waals surface area contributed by atoms with Gasteiger partial charge in [0.15, 0.2) is 5.65 Å². The van der Waals surface area contributed by atoms with Crippen LogP contribution in [0, 0.1) is 19.7 Å². The molecule has 7 heteroatoms. The second-order valence-corrected chi connectivity index (χ2v) is 7.96. The first-order chi connectivity index (χ1) is 15.5. The molecule has 0 aliphatic carbocycles. The van der Waals surface area contributed by atoms with Gasteiger partial charge in [-0.1, -0.05) is 18.2 Å². The van der Waals surface area contributed by atoms with Crippen LogP contribution in [-0.4, -0.2) is 40.8 Å². The number of anilines is 1. The number of para-hydroxylation sites is 1. The first kappa shape index (κ1) is 20.3. The number of ether oxygens (including phenoxy) is 1. The van der Waals surface area contributed by atoms with Crippen LogP contribution in [0.2, 0.25) is 0 Å². The molecule has 0 radical (unpaired) electrons. The fourth-order valence-electron chi connectivity index (χ4n) is 4.15. The quantitative estimate of drug-likeness (QED) is 0.491. The summed E-state index contributed by atoms with van der Waals surface area (Å²) in [5.74, 6) is 0.238. The molecule has 1 aliphatic rings. The number of hydrogen-bond donors (Lipinski definition) is 0. The molecule has 3 heterocycles. The molecule has 2 aromatic heterocycles. The lowest BCUT2D eigenvalue weighted by atomic mass is 10.0. The average molecular weight is 430 g/mol. The van der Waals surface area contributed by atoms with E-state index < -0.39 is 0 Å². The second-order valence-electron chi connectivity index (χ2n) is 7.96. The summed E-state index contributed by atoms with van der Waals surface area (Å²) in [6, 6.07) is 15.7. The zero-order valence-corrected chi connectivity index (χ0v) is 18.0. The lowest BCUT2D eigenvalue weighted by molar-refractivity contribution is 0.122. The molecule has 0 bridgehead atoms. The summed E-state index contributed by atoms with van der Waals surface area (Å²) in [5, 5.41) is 0.736. The van der Waals surface area contributed by atoms with E-state index in [9.17, 15) is 9.18 Å². The van der Waals surface area contributed by atoms with Crippen molar-refractivity contribution in [3.63, 3.8) is 0 Å². The Morgan fingerprint density at radius 1 is 0.938 bits per heavy atom. The Labute approximate surface area is 184 Å². The van der Waals surface area contributed by atoms with Crippen LogP contribution < -0.4 is 10.5 Å². The number of aromatic nitrogens is 3. The molecule has 0 unspecified atom stereocenters. The van der Waals surface area contributed by atoms with Crippen LogP contribution in [0.5, 0.6) is 0 Å². The predicted molar refractivity (Wildman–Crippen MR) is 123 cm³/mol. The minimum Gasteiger partial charge on any atom is -0.378 e. The molecule has 4 aromatic rings. The lowest BCUT2D eigenvalue weighted by Crippen LogP contribution is -2.37. The van der Waals surface area contributed by atoms with Crippen LogP contribution in [0.15, 0.2) is 59.4 Å². The van der Waals surface area contributed by atoms with Crippen LogP contribution in [-0.2, 0) is 4.74 Å². The van der Waals surface area contributed by atoms with Crippen molar-refractivity contribution in [3.05, 3.63) is 81.9 Å². The van der Waals surface area contributed by atoms with Gasteiger partial charge in [0.2, 0.25) is 5.95 Å². The van der Waals surface area contributed by atoms with Crippen LogP contribution in [0.3, 0.4) is 0 Å². The van der Waals surface area contributed by atoms with Crippen molar-refractivity contribution >= 4 is 17.0 Å². The highest BCUT2D eigenvalue weighted by Crippen LogP contribution is 2.31. The van der Waals surface area contributed by atoms with Crippen molar-refractivity contribution in [1.29, 1.82) is 0 Å². The molecule has 32 heavy (non-hydrogen) atoms. The molecule has 0 spiro atoms. The van der Waals surface area contributed by atoms with E-state index in [0.717, 1.165) is 27.8 Å². The van der Waals surface area contributed by atoms with Gasteiger partial charge in [0.1, 0.15) is 5.82 Å².